The van der Waals surface area contributed by atoms with Crippen molar-refractivity contribution in [3.63, 3.8) is 0 Å². The van der Waals surface area contributed by atoms with Crippen LogP contribution in [0.25, 0.3) is 22.1 Å². The number of imidazole rings is 1. The average molecular weight is 345 g/mol. The summed E-state index contributed by atoms with van der Waals surface area (Å²) in [5.74, 6) is 0.683. The van der Waals surface area contributed by atoms with Gasteiger partial charge in [0, 0.05) is 37.3 Å². The third-order valence-electron chi connectivity index (χ3n) is 5.07. The Morgan fingerprint density at radius 3 is 2.80 bits per heavy atom. The molecule has 2 atom stereocenters. The summed E-state index contributed by atoms with van der Waals surface area (Å²) in [6.45, 7) is 5.57. The molecule has 134 valence electrons. The number of hydrogen-bond donors (Lipinski definition) is 2. The van der Waals surface area contributed by atoms with Gasteiger partial charge >= 0.3 is 0 Å². The van der Waals surface area contributed by atoms with Gasteiger partial charge in [-0.05, 0) is 32.8 Å². The van der Waals surface area contributed by atoms with Gasteiger partial charge in [-0.1, -0.05) is 0 Å². The number of aliphatic hydroxyl groups excluding tert-OH is 1. The SMILES string of the molecule is CC(F)CN1CCC(n2c([C@@H](C)O)nc3cnc4[nH]ccc4c32)CC1. The van der Waals surface area contributed by atoms with Gasteiger partial charge in [-0.25, -0.2) is 14.4 Å². The van der Waals surface area contributed by atoms with Crippen LogP contribution >= 0.6 is 0 Å². The van der Waals surface area contributed by atoms with E-state index in [1.165, 1.54) is 0 Å². The van der Waals surface area contributed by atoms with Gasteiger partial charge in [0.15, 0.2) is 0 Å². The molecule has 1 fully saturated rings. The van der Waals surface area contributed by atoms with Crippen LogP contribution < -0.4 is 0 Å². The van der Waals surface area contributed by atoms with Crippen molar-refractivity contribution in [3.8, 4) is 0 Å². The summed E-state index contributed by atoms with van der Waals surface area (Å²) < 4.78 is 15.5. The maximum absolute atomic E-state index is 13.3. The second-order valence-electron chi connectivity index (χ2n) is 7.06. The molecule has 4 rings (SSSR count). The Bertz CT molecular complexity index is 876. The predicted octanol–water partition coefficient (Wildman–Crippen LogP) is 2.96. The molecule has 0 bridgehead atoms. The number of nitrogens with one attached hydrogen (secondary N) is 1. The largest absolute Gasteiger partial charge is 0.385 e. The van der Waals surface area contributed by atoms with Crippen LogP contribution in [0.4, 0.5) is 4.39 Å². The van der Waals surface area contributed by atoms with E-state index >= 15 is 0 Å². The molecule has 0 aliphatic carbocycles. The second-order valence-corrected chi connectivity index (χ2v) is 7.06. The second kappa shape index (κ2) is 6.38. The highest BCUT2D eigenvalue weighted by molar-refractivity contribution is 6.01. The molecule has 1 aliphatic rings. The number of aromatic amines is 1. The van der Waals surface area contributed by atoms with Gasteiger partial charge in [0.25, 0.3) is 0 Å². The molecule has 1 saturated heterocycles. The highest BCUT2D eigenvalue weighted by Crippen LogP contribution is 2.34. The molecule has 2 N–H and O–H groups in total. The summed E-state index contributed by atoms with van der Waals surface area (Å²) in [6.07, 6.45) is 4.03. The first-order valence-electron chi connectivity index (χ1n) is 8.93. The first-order valence-corrected chi connectivity index (χ1v) is 8.93. The van der Waals surface area contributed by atoms with Crippen LogP contribution in [0.1, 0.15) is 44.7 Å². The molecule has 7 heteroatoms. The van der Waals surface area contributed by atoms with Crippen LogP contribution in [0.3, 0.4) is 0 Å². The minimum Gasteiger partial charge on any atom is -0.385 e. The third kappa shape index (κ3) is 2.91. The van der Waals surface area contributed by atoms with Crippen molar-refractivity contribution in [2.75, 3.05) is 19.6 Å². The Morgan fingerprint density at radius 2 is 2.12 bits per heavy atom. The highest BCUT2D eigenvalue weighted by atomic mass is 19.1. The summed E-state index contributed by atoms with van der Waals surface area (Å²) in [7, 11) is 0. The van der Waals surface area contributed by atoms with Gasteiger partial charge in [0.05, 0.1) is 11.7 Å². The lowest BCUT2D eigenvalue weighted by Crippen LogP contribution is -2.38. The fourth-order valence-corrected chi connectivity index (χ4v) is 3.99. The Kier molecular flexibility index (Phi) is 4.21. The molecular formula is C18H24FN5O. The van der Waals surface area contributed by atoms with E-state index in [0.29, 0.717) is 12.4 Å². The molecule has 0 amide bonds. The molecule has 0 radical (unpaired) electrons. The molecule has 3 aromatic heterocycles. The van der Waals surface area contributed by atoms with E-state index in [1.807, 2.05) is 12.3 Å². The van der Waals surface area contributed by atoms with Crippen LogP contribution in [0.5, 0.6) is 0 Å². The van der Waals surface area contributed by atoms with Gasteiger partial charge < -0.3 is 19.6 Å². The van der Waals surface area contributed by atoms with E-state index in [-0.39, 0.29) is 6.04 Å². The zero-order valence-corrected chi connectivity index (χ0v) is 14.6. The number of piperidine rings is 1. The van der Waals surface area contributed by atoms with Crippen molar-refractivity contribution < 1.29 is 9.50 Å². The normalized spacial score (nSPS) is 19.7. The summed E-state index contributed by atoms with van der Waals surface area (Å²) >= 11 is 0. The molecule has 6 nitrogen and oxygen atoms in total. The Balaban J connectivity index is 1.75. The number of alkyl halides is 1. The number of nitrogens with zero attached hydrogens (tertiary/aromatic N) is 4. The fraction of sp³-hybridized carbons (Fsp3) is 0.556. The molecular weight excluding hydrogens is 321 g/mol. The molecule has 0 saturated carbocycles. The van der Waals surface area contributed by atoms with Crippen LogP contribution in [0.15, 0.2) is 18.5 Å². The van der Waals surface area contributed by atoms with E-state index in [2.05, 4.69) is 24.4 Å². The van der Waals surface area contributed by atoms with Crippen molar-refractivity contribution in [1.82, 2.24) is 24.4 Å². The first kappa shape index (κ1) is 16.5. The van der Waals surface area contributed by atoms with E-state index in [1.54, 1.807) is 20.0 Å². The molecule has 3 aromatic rings. The Labute approximate surface area is 145 Å². The summed E-state index contributed by atoms with van der Waals surface area (Å²) in [5.41, 5.74) is 2.66. The van der Waals surface area contributed by atoms with Gasteiger partial charge in [-0.2, -0.15) is 0 Å². The van der Waals surface area contributed by atoms with Crippen LogP contribution in [-0.4, -0.2) is 55.3 Å². The number of fused-ring (bicyclic) bond motifs is 3. The zero-order chi connectivity index (χ0) is 17.6. The Morgan fingerprint density at radius 1 is 1.36 bits per heavy atom. The number of aromatic nitrogens is 4. The van der Waals surface area contributed by atoms with Crippen LogP contribution in [-0.2, 0) is 0 Å². The standard InChI is InChI=1S/C18H24FN5O/c1-11(19)10-23-7-4-13(5-8-23)24-16-14-3-6-20-17(14)21-9-15(16)22-18(24)12(2)25/h3,6,9,11-13,25H,4-5,7-8,10H2,1-2H3,(H,20,21)/t11?,12-/m1/s1. The van der Waals surface area contributed by atoms with E-state index in [4.69, 9.17) is 0 Å². The smallest absolute Gasteiger partial charge is 0.139 e. The Hall–Kier alpha value is -1.99. The summed E-state index contributed by atoms with van der Waals surface area (Å²) in [6, 6.07) is 2.26. The minimum atomic E-state index is -0.802. The molecule has 25 heavy (non-hydrogen) atoms. The van der Waals surface area contributed by atoms with Gasteiger partial charge in [0.2, 0.25) is 0 Å². The maximum Gasteiger partial charge on any atom is 0.139 e. The summed E-state index contributed by atoms with van der Waals surface area (Å²) in [4.78, 5) is 14.4. The molecule has 0 spiro atoms. The fourth-order valence-electron chi connectivity index (χ4n) is 3.99. The minimum absolute atomic E-state index is 0.251. The maximum atomic E-state index is 13.3. The molecule has 1 aliphatic heterocycles. The number of aliphatic hydroxyl groups is 1. The van der Waals surface area contributed by atoms with Crippen LogP contribution in [0.2, 0.25) is 0 Å². The molecule has 1 unspecified atom stereocenters. The van der Waals surface area contributed by atoms with Crippen molar-refractivity contribution in [3.05, 3.63) is 24.3 Å². The summed E-state index contributed by atoms with van der Waals surface area (Å²) in [5, 5.41) is 11.3. The number of pyridine rings is 1. The highest BCUT2D eigenvalue weighted by Gasteiger charge is 2.27. The van der Waals surface area contributed by atoms with Crippen molar-refractivity contribution in [1.29, 1.82) is 0 Å². The van der Waals surface area contributed by atoms with Gasteiger partial charge in [-0.3, -0.25) is 0 Å². The number of rotatable bonds is 4. The van der Waals surface area contributed by atoms with Crippen molar-refractivity contribution >= 4 is 22.1 Å². The topological polar surface area (TPSA) is 70.0 Å². The lowest BCUT2D eigenvalue weighted by Gasteiger charge is -2.34. The lowest BCUT2D eigenvalue weighted by molar-refractivity contribution is 0.140. The van der Waals surface area contributed by atoms with Gasteiger partial charge in [-0.15, -0.1) is 0 Å². The monoisotopic (exact) mass is 345 g/mol. The quantitative estimate of drug-likeness (QED) is 0.763. The molecule has 4 heterocycles. The third-order valence-corrected chi connectivity index (χ3v) is 5.07. The average Bonchev–Trinajstić information content (AvgIpc) is 3.18. The number of H-pyrrole nitrogens is 1. The van der Waals surface area contributed by atoms with E-state index in [9.17, 15) is 9.50 Å². The van der Waals surface area contributed by atoms with E-state index in [0.717, 1.165) is 48.0 Å². The van der Waals surface area contributed by atoms with Crippen molar-refractivity contribution in [2.24, 2.45) is 0 Å². The zero-order valence-electron chi connectivity index (χ0n) is 14.6. The number of hydrogen-bond acceptors (Lipinski definition) is 4. The predicted molar refractivity (Wildman–Crippen MR) is 95.3 cm³/mol. The number of halogens is 1. The van der Waals surface area contributed by atoms with Crippen LogP contribution in [0, 0.1) is 0 Å². The lowest BCUT2D eigenvalue weighted by atomic mass is 10.0. The van der Waals surface area contributed by atoms with Gasteiger partial charge in [0.1, 0.15) is 29.3 Å². The first-order chi connectivity index (χ1) is 12.0. The number of likely N-dealkylation sites (tertiary alicyclic amines) is 1. The van der Waals surface area contributed by atoms with E-state index < -0.39 is 12.3 Å². The molecule has 0 aromatic carbocycles. The van der Waals surface area contributed by atoms with Crippen molar-refractivity contribution in [2.45, 2.75) is 45.0 Å².